The van der Waals surface area contributed by atoms with Crippen LogP contribution < -0.4 is 5.32 Å². The topological polar surface area (TPSA) is 159 Å². The summed E-state index contributed by atoms with van der Waals surface area (Å²) in [4.78, 5) is 22.9. The summed E-state index contributed by atoms with van der Waals surface area (Å²) in [6.07, 6.45) is -7.45. The Morgan fingerprint density at radius 2 is 1.22 bits per heavy atom. The Hall–Kier alpha value is -1.46. The molecule has 2 fully saturated rings. The van der Waals surface area contributed by atoms with Gasteiger partial charge in [0.2, 0.25) is 5.91 Å². The highest BCUT2D eigenvalue weighted by atomic mass is 16.8. The van der Waals surface area contributed by atoms with Crippen LogP contribution in [0.15, 0.2) is 0 Å². The number of rotatable bonds is 15. The second kappa shape index (κ2) is 15.8. The molecule has 2 rings (SSSR count). The van der Waals surface area contributed by atoms with E-state index in [4.69, 9.17) is 52.5 Å². The molecule has 37 heavy (non-hydrogen) atoms. The quantitative estimate of drug-likeness (QED) is 0.266. The van der Waals surface area contributed by atoms with Gasteiger partial charge in [-0.05, 0) is 0 Å². The maximum absolute atomic E-state index is 12.1. The van der Waals surface area contributed by atoms with Crippen molar-refractivity contribution in [2.75, 3.05) is 62.9 Å². The number of amides is 1. The molecular weight excluding hydrogens is 498 g/mol. The van der Waals surface area contributed by atoms with Gasteiger partial charge in [-0.2, -0.15) is 0 Å². The lowest BCUT2D eigenvalue weighted by Gasteiger charge is -2.49. The summed E-state index contributed by atoms with van der Waals surface area (Å²) in [5, 5.41) is 11.5. The molecule has 0 bridgehead atoms. The molecule has 0 aromatic carbocycles. The number of carboxylic acids is 1. The fourth-order valence-corrected chi connectivity index (χ4v) is 4.68. The predicted molar refractivity (Wildman–Crippen MR) is 125 cm³/mol. The van der Waals surface area contributed by atoms with Gasteiger partial charge in [-0.15, -0.1) is 0 Å². The van der Waals surface area contributed by atoms with Crippen LogP contribution in [0.5, 0.6) is 0 Å². The van der Waals surface area contributed by atoms with Crippen molar-refractivity contribution < 1.29 is 62.1 Å². The molecular formula is C23H41NO13. The van der Waals surface area contributed by atoms with Crippen LogP contribution >= 0.6 is 0 Å². The second-order valence-electron chi connectivity index (χ2n) is 8.58. The van der Waals surface area contributed by atoms with Crippen molar-refractivity contribution in [3.8, 4) is 0 Å². The highest BCUT2D eigenvalue weighted by molar-refractivity contribution is 5.80. The Morgan fingerprint density at radius 3 is 1.73 bits per heavy atom. The zero-order chi connectivity index (χ0) is 27.5. The van der Waals surface area contributed by atoms with Crippen LogP contribution in [0.2, 0.25) is 0 Å². The standard InChI is InChI=1S/C23H41NO13/c1-28-11-13-17(19(31-4)20(32-5)22(34-7)36-13)37-23-21(33-6)18(30-3)16(29-2)12(35-23)10-24-14(25)8-9-15(26)27/h12-13,16-23H,8-11H2,1-7H3,(H,24,25)(H,26,27)/t12?,13?,16-,17-,18-,19-,20?,21?,22+,23-/m0/s1. The SMILES string of the molecule is COCC1O[C@@H](OC)C(OC)[C@@H](OC)[C@H]1O[C@@H]1OC(CNC(=O)CCC(=O)O)[C@H](OC)[C@H](OC)C1OC. The van der Waals surface area contributed by atoms with Crippen LogP contribution in [0, 0.1) is 0 Å². The predicted octanol–water partition coefficient (Wildman–Crippen LogP) is -0.830. The minimum absolute atomic E-state index is 0.0237. The minimum atomic E-state index is -1.06. The van der Waals surface area contributed by atoms with Crippen LogP contribution in [-0.4, -0.2) is 141 Å². The van der Waals surface area contributed by atoms with E-state index in [-0.39, 0.29) is 26.0 Å². The Balaban J connectivity index is 2.28. The van der Waals surface area contributed by atoms with E-state index in [1.165, 1.54) is 49.8 Å². The Kier molecular flexibility index (Phi) is 13.6. The first-order chi connectivity index (χ1) is 17.8. The zero-order valence-corrected chi connectivity index (χ0v) is 22.4. The third-order valence-corrected chi connectivity index (χ3v) is 6.46. The molecule has 2 heterocycles. The largest absolute Gasteiger partial charge is 0.481 e. The molecule has 14 heteroatoms. The third kappa shape index (κ3) is 8.02. The van der Waals surface area contributed by atoms with E-state index in [1.807, 2.05) is 0 Å². The number of ether oxygens (including phenoxy) is 10. The van der Waals surface area contributed by atoms with Gasteiger partial charge in [-0.1, -0.05) is 0 Å². The van der Waals surface area contributed by atoms with Crippen LogP contribution in [0.25, 0.3) is 0 Å². The first-order valence-corrected chi connectivity index (χ1v) is 11.9. The Labute approximate surface area is 217 Å². The van der Waals surface area contributed by atoms with Crippen LogP contribution in [0.4, 0.5) is 0 Å². The summed E-state index contributed by atoms with van der Waals surface area (Å²) in [7, 11) is 10.6. The maximum Gasteiger partial charge on any atom is 0.303 e. The number of carboxylic acid groups (broad SMARTS) is 1. The van der Waals surface area contributed by atoms with E-state index >= 15 is 0 Å². The van der Waals surface area contributed by atoms with E-state index in [0.717, 1.165) is 0 Å². The fourth-order valence-electron chi connectivity index (χ4n) is 4.68. The molecule has 2 aliphatic rings. The van der Waals surface area contributed by atoms with E-state index in [2.05, 4.69) is 5.32 Å². The normalized spacial score (nSPS) is 36.3. The molecule has 2 aliphatic heterocycles. The summed E-state index contributed by atoms with van der Waals surface area (Å²) in [5.41, 5.74) is 0. The number of carbonyl (C=O) groups is 2. The minimum Gasteiger partial charge on any atom is -0.481 e. The Morgan fingerprint density at radius 1 is 0.676 bits per heavy atom. The number of hydrogen-bond acceptors (Lipinski definition) is 12. The molecule has 2 N–H and O–H groups in total. The van der Waals surface area contributed by atoms with Crippen LogP contribution in [-0.2, 0) is 57.0 Å². The lowest BCUT2D eigenvalue weighted by atomic mass is 9.96. The maximum atomic E-state index is 12.1. The summed E-state index contributed by atoms with van der Waals surface area (Å²) in [6, 6.07) is 0. The van der Waals surface area contributed by atoms with Crippen molar-refractivity contribution in [2.24, 2.45) is 0 Å². The van der Waals surface area contributed by atoms with Crippen molar-refractivity contribution >= 4 is 11.9 Å². The van der Waals surface area contributed by atoms with Gasteiger partial charge in [-0.25, -0.2) is 0 Å². The summed E-state index contributed by atoms with van der Waals surface area (Å²) in [6.45, 7) is 0.193. The molecule has 0 saturated carbocycles. The molecule has 216 valence electrons. The average molecular weight is 540 g/mol. The third-order valence-electron chi connectivity index (χ3n) is 6.46. The van der Waals surface area contributed by atoms with Gasteiger partial charge in [0.1, 0.15) is 48.8 Å². The summed E-state index contributed by atoms with van der Waals surface area (Å²) in [5.74, 6) is -1.50. The van der Waals surface area contributed by atoms with E-state index in [0.29, 0.717) is 0 Å². The monoisotopic (exact) mass is 539 g/mol. The number of methoxy groups -OCH3 is 7. The number of hydrogen-bond donors (Lipinski definition) is 2. The highest BCUT2D eigenvalue weighted by Gasteiger charge is 2.53. The van der Waals surface area contributed by atoms with Crippen LogP contribution in [0.3, 0.4) is 0 Å². The van der Waals surface area contributed by atoms with Gasteiger partial charge >= 0.3 is 5.97 Å². The van der Waals surface area contributed by atoms with Crippen molar-refractivity contribution in [3.05, 3.63) is 0 Å². The van der Waals surface area contributed by atoms with Gasteiger partial charge in [-0.3, -0.25) is 9.59 Å². The van der Waals surface area contributed by atoms with Crippen LogP contribution in [0.1, 0.15) is 12.8 Å². The molecule has 0 aromatic heterocycles. The molecule has 0 aromatic rings. The number of carbonyl (C=O) groups excluding carboxylic acids is 1. The van der Waals surface area contributed by atoms with Crippen molar-refractivity contribution in [1.29, 1.82) is 0 Å². The zero-order valence-electron chi connectivity index (χ0n) is 22.4. The fraction of sp³-hybridized carbons (Fsp3) is 0.913. The number of nitrogens with one attached hydrogen (secondary N) is 1. The van der Waals surface area contributed by atoms with Gasteiger partial charge < -0.3 is 57.8 Å². The molecule has 10 atom stereocenters. The summed E-state index contributed by atoms with van der Waals surface area (Å²) < 4.78 is 57.9. The van der Waals surface area contributed by atoms with Gasteiger partial charge in [0.15, 0.2) is 12.6 Å². The lowest BCUT2D eigenvalue weighted by Crippen LogP contribution is -2.66. The van der Waals surface area contributed by atoms with E-state index in [1.54, 1.807) is 0 Å². The van der Waals surface area contributed by atoms with Gasteiger partial charge in [0, 0.05) is 62.7 Å². The molecule has 14 nitrogen and oxygen atoms in total. The van der Waals surface area contributed by atoms with Crippen molar-refractivity contribution in [3.63, 3.8) is 0 Å². The van der Waals surface area contributed by atoms with Gasteiger partial charge in [0.25, 0.3) is 0 Å². The molecule has 0 aliphatic carbocycles. The van der Waals surface area contributed by atoms with E-state index in [9.17, 15) is 9.59 Å². The van der Waals surface area contributed by atoms with Crippen molar-refractivity contribution in [2.45, 2.75) is 74.3 Å². The molecule has 0 spiro atoms. The number of aliphatic carboxylic acids is 1. The smallest absolute Gasteiger partial charge is 0.303 e. The molecule has 4 unspecified atom stereocenters. The van der Waals surface area contributed by atoms with E-state index < -0.39 is 73.3 Å². The molecule has 1 amide bonds. The summed E-state index contributed by atoms with van der Waals surface area (Å²) >= 11 is 0. The first-order valence-electron chi connectivity index (χ1n) is 11.9. The average Bonchev–Trinajstić information content (AvgIpc) is 2.90. The lowest BCUT2D eigenvalue weighted by molar-refractivity contribution is -0.363. The molecule has 2 saturated heterocycles. The Bertz CT molecular complexity index is 698. The van der Waals surface area contributed by atoms with Gasteiger partial charge in [0.05, 0.1) is 13.0 Å². The first kappa shape index (κ1) is 31.8. The van der Waals surface area contributed by atoms with Crippen molar-refractivity contribution in [1.82, 2.24) is 5.32 Å². The molecule has 0 radical (unpaired) electrons. The highest BCUT2D eigenvalue weighted by Crippen LogP contribution is 2.33. The second-order valence-corrected chi connectivity index (χ2v) is 8.58.